The third kappa shape index (κ3) is 2.71. The maximum Gasteiger partial charge on any atom is 0.183 e. The van der Waals surface area contributed by atoms with Gasteiger partial charge < -0.3 is 4.74 Å². The van der Waals surface area contributed by atoms with Crippen molar-refractivity contribution in [2.75, 3.05) is 7.11 Å². The van der Waals surface area contributed by atoms with E-state index in [-0.39, 0.29) is 6.10 Å². The van der Waals surface area contributed by atoms with Crippen molar-refractivity contribution < 1.29 is 4.74 Å². The number of benzene rings is 1. The summed E-state index contributed by atoms with van der Waals surface area (Å²) in [5.41, 5.74) is 1.07. The second kappa shape index (κ2) is 5.59. The van der Waals surface area contributed by atoms with E-state index in [4.69, 9.17) is 4.74 Å². The van der Waals surface area contributed by atoms with Crippen molar-refractivity contribution in [3.05, 3.63) is 47.5 Å². The molecule has 0 radical (unpaired) electrons. The Labute approximate surface area is 101 Å². The largest absolute Gasteiger partial charge is 0.369 e. The van der Waals surface area contributed by atoms with Gasteiger partial charge in [0.2, 0.25) is 0 Å². The normalized spacial score (nSPS) is 12.6. The van der Waals surface area contributed by atoms with Crippen LogP contribution in [0.3, 0.4) is 0 Å². The van der Waals surface area contributed by atoms with Gasteiger partial charge in [0, 0.05) is 13.5 Å². The minimum Gasteiger partial charge on any atom is -0.369 e. The molecule has 1 atom stereocenters. The fraction of sp³-hybridized carbons (Fsp3) is 0.385. The quantitative estimate of drug-likeness (QED) is 0.860. The number of aryl methyl sites for hydroxylation is 1. The summed E-state index contributed by atoms with van der Waals surface area (Å²) >= 11 is 0. The lowest BCUT2D eigenvalue weighted by molar-refractivity contribution is 0.129. The Morgan fingerprint density at radius 2 is 2.06 bits per heavy atom. The van der Waals surface area contributed by atoms with E-state index in [9.17, 15) is 0 Å². The van der Waals surface area contributed by atoms with Gasteiger partial charge in [-0.05, 0) is 12.0 Å². The molecule has 0 spiro atoms. The molecule has 1 unspecified atom stereocenters. The molecule has 1 heterocycles. The Morgan fingerprint density at radius 3 is 2.71 bits per heavy atom. The van der Waals surface area contributed by atoms with Crippen molar-refractivity contribution in [2.45, 2.75) is 25.9 Å². The van der Waals surface area contributed by atoms with E-state index >= 15 is 0 Å². The Balaban J connectivity index is 2.23. The van der Waals surface area contributed by atoms with Crippen molar-refractivity contribution in [1.82, 2.24) is 15.2 Å². The summed E-state index contributed by atoms with van der Waals surface area (Å²) in [4.78, 5) is 4.46. The number of methoxy groups -OCH3 is 1. The van der Waals surface area contributed by atoms with E-state index in [2.05, 4.69) is 22.1 Å². The molecule has 90 valence electrons. The van der Waals surface area contributed by atoms with Gasteiger partial charge in [-0.15, -0.1) is 0 Å². The monoisotopic (exact) mass is 231 g/mol. The van der Waals surface area contributed by atoms with Gasteiger partial charge in [0.15, 0.2) is 5.82 Å². The zero-order valence-corrected chi connectivity index (χ0v) is 10.2. The minimum absolute atomic E-state index is 0.196. The maximum absolute atomic E-state index is 5.47. The average molecular weight is 231 g/mol. The van der Waals surface area contributed by atoms with Gasteiger partial charge in [0.25, 0.3) is 0 Å². The van der Waals surface area contributed by atoms with Crippen molar-refractivity contribution >= 4 is 0 Å². The van der Waals surface area contributed by atoms with Crippen LogP contribution in [-0.2, 0) is 11.2 Å². The molecule has 2 aromatic rings. The lowest BCUT2D eigenvalue weighted by atomic mass is 10.1. The second-order valence-corrected chi connectivity index (χ2v) is 3.92. The maximum atomic E-state index is 5.47. The standard InChI is InChI=1S/C13H17N3O/c1-3-7-11-14-13(16-15-11)12(17-2)10-8-5-4-6-9-10/h4-6,8-9,12H,3,7H2,1-2H3,(H,14,15,16). The highest BCUT2D eigenvalue weighted by atomic mass is 16.5. The number of hydrogen-bond donors (Lipinski definition) is 1. The van der Waals surface area contributed by atoms with Crippen LogP contribution >= 0.6 is 0 Å². The smallest absolute Gasteiger partial charge is 0.183 e. The summed E-state index contributed by atoms with van der Waals surface area (Å²) in [6.07, 6.45) is 1.77. The van der Waals surface area contributed by atoms with Crippen LogP contribution in [0.1, 0.15) is 36.7 Å². The highest BCUT2D eigenvalue weighted by Gasteiger charge is 2.17. The number of aromatic nitrogens is 3. The average Bonchev–Trinajstić information content (AvgIpc) is 2.81. The van der Waals surface area contributed by atoms with Crippen LogP contribution in [0.4, 0.5) is 0 Å². The molecule has 17 heavy (non-hydrogen) atoms. The van der Waals surface area contributed by atoms with Crippen molar-refractivity contribution in [3.63, 3.8) is 0 Å². The number of rotatable bonds is 5. The first-order valence-electron chi connectivity index (χ1n) is 5.84. The molecule has 1 aromatic heterocycles. The van der Waals surface area contributed by atoms with Crippen molar-refractivity contribution in [1.29, 1.82) is 0 Å². The first-order valence-corrected chi connectivity index (χ1v) is 5.84. The summed E-state index contributed by atoms with van der Waals surface area (Å²) in [7, 11) is 1.67. The van der Waals surface area contributed by atoms with Gasteiger partial charge in [-0.1, -0.05) is 37.3 Å². The number of nitrogens with one attached hydrogen (secondary N) is 1. The van der Waals surface area contributed by atoms with Gasteiger partial charge in [-0.3, -0.25) is 5.10 Å². The van der Waals surface area contributed by atoms with Gasteiger partial charge in [-0.2, -0.15) is 5.10 Å². The van der Waals surface area contributed by atoms with Gasteiger partial charge in [0.05, 0.1) is 0 Å². The van der Waals surface area contributed by atoms with Crippen LogP contribution < -0.4 is 0 Å². The number of hydrogen-bond acceptors (Lipinski definition) is 3. The predicted octanol–water partition coefficient (Wildman–Crippen LogP) is 2.49. The second-order valence-electron chi connectivity index (χ2n) is 3.92. The number of nitrogens with zero attached hydrogens (tertiary/aromatic N) is 2. The van der Waals surface area contributed by atoms with E-state index in [1.165, 1.54) is 0 Å². The predicted molar refractivity (Wildman–Crippen MR) is 65.7 cm³/mol. The van der Waals surface area contributed by atoms with E-state index in [1.807, 2.05) is 30.3 Å². The first-order chi connectivity index (χ1) is 8.35. The van der Waals surface area contributed by atoms with Gasteiger partial charge in [0.1, 0.15) is 11.9 Å². The molecule has 4 heteroatoms. The van der Waals surface area contributed by atoms with Crippen LogP contribution in [-0.4, -0.2) is 22.3 Å². The van der Waals surface area contributed by atoms with Crippen LogP contribution in [0.5, 0.6) is 0 Å². The summed E-state index contributed by atoms with van der Waals surface area (Å²) in [5, 5.41) is 7.17. The van der Waals surface area contributed by atoms with Crippen molar-refractivity contribution in [2.24, 2.45) is 0 Å². The molecule has 0 aliphatic rings. The molecule has 0 aliphatic carbocycles. The van der Waals surface area contributed by atoms with E-state index in [0.29, 0.717) is 5.82 Å². The Hall–Kier alpha value is -1.68. The van der Waals surface area contributed by atoms with Crippen LogP contribution in [0.2, 0.25) is 0 Å². The lowest BCUT2D eigenvalue weighted by Crippen LogP contribution is -2.05. The molecule has 0 bridgehead atoms. The first kappa shape index (κ1) is 11.8. The molecule has 0 saturated heterocycles. The van der Waals surface area contributed by atoms with E-state index in [0.717, 1.165) is 24.2 Å². The molecule has 4 nitrogen and oxygen atoms in total. The summed E-state index contributed by atoms with van der Waals surface area (Å²) in [6.45, 7) is 2.12. The van der Waals surface area contributed by atoms with Crippen LogP contribution in [0.15, 0.2) is 30.3 Å². The zero-order valence-electron chi connectivity index (χ0n) is 10.2. The molecule has 0 saturated carbocycles. The third-order valence-electron chi connectivity index (χ3n) is 2.61. The Kier molecular flexibility index (Phi) is 3.88. The molecule has 2 rings (SSSR count). The lowest BCUT2D eigenvalue weighted by Gasteiger charge is -2.11. The van der Waals surface area contributed by atoms with Gasteiger partial charge >= 0.3 is 0 Å². The third-order valence-corrected chi connectivity index (χ3v) is 2.61. The Bertz CT molecular complexity index is 453. The summed E-state index contributed by atoms with van der Waals surface area (Å²) in [5.74, 6) is 1.61. The highest BCUT2D eigenvalue weighted by Crippen LogP contribution is 2.21. The van der Waals surface area contributed by atoms with Crippen molar-refractivity contribution in [3.8, 4) is 0 Å². The van der Waals surface area contributed by atoms with Crippen LogP contribution in [0, 0.1) is 0 Å². The fourth-order valence-electron chi connectivity index (χ4n) is 1.79. The van der Waals surface area contributed by atoms with E-state index in [1.54, 1.807) is 7.11 Å². The summed E-state index contributed by atoms with van der Waals surface area (Å²) < 4.78 is 5.47. The highest BCUT2D eigenvalue weighted by molar-refractivity contribution is 5.22. The Morgan fingerprint density at radius 1 is 1.29 bits per heavy atom. The van der Waals surface area contributed by atoms with Crippen LogP contribution in [0.25, 0.3) is 0 Å². The number of aromatic amines is 1. The fourth-order valence-corrected chi connectivity index (χ4v) is 1.79. The molecule has 0 fully saturated rings. The number of H-pyrrole nitrogens is 1. The van der Waals surface area contributed by atoms with E-state index < -0.39 is 0 Å². The SMILES string of the molecule is CCCc1nc(C(OC)c2ccccc2)n[nH]1. The molecular weight excluding hydrogens is 214 g/mol. The molecule has 1 aromatic carbocycles. The van der Waals surface area contributed by atoms with Gasteiger partial charge in [-0.25, -0.2) is 4.98 Å². The number of ether oxygens (including phenoxy) is 1. The zero-order chi connectivity index (χ0) is 12.1. The molecule has 1 N–H and O–H groups in total. The minimum atomic E-state index is -0.196. The molecule has 0 amide bonds. The molecule has 0 aliphatic heterocycles. The summed E-state index contributed by atoms with van der Waals surface area (Å²) in [6, 6.07) is 9.99. The topological polar surface area (TPSA) is 50.8 Å². The molecular formula is C13H17N3O.